The topological polar surface area (TPSA) is 71.5 Å². The standard InChI is InChI=1S/C13H12ClN3OS/c1-8-4-5-11(9(7-8)12(15)17-18)19-13-10(14)3-2-6-16-13/h2-7,18H,1H3,(H2,15,17). The Bertz CT molecular complexity index is 631. The van der Waals surface area contributed by atoms with E-state index in [4.69, 9.17) is 22.5 Å². The van der Waals surface area contributed by atoms with Gasteiger partial charge >= 0.3 is 0 Å². The zero-order valence-corrected chi connectivity index (χ0v) is 11.7. The summed E-state index contributed by atoms with van der Waals surface area (Å²) in [5.41, 5.74) is 7.38. The maximum absolute atomic E-state index is 8.84. The minimum atomic E-state index is 0.0678. The lowest BCUT2D eigenvalue weighted by Crippen LogP contribution is -2.14. The molecule has 19 heavy (non-hydrogen) atoms. The third kappa shape index (κ3) is 3.19. The Kier molecular flexibility index (Phi) is 4.29. The lowest BCUT2D eigenvalue weighted by molar-refractivity contribution is 0.318. The van der Waals surface area contributed by atoms with E-state index in [0.29, 0.717) is 15.6 Å². The molecule has 0 spiro atoms. The fraction of sp³-hybridized carbons (Fsp3) is 0.0769. The molecule has 1 aromatic heterocycles. The van der Waals surface area contributed by atoms with E-state index in [9.17, 15) is 0 Å². The lowest BCUT2D eigenvalue weighted by atomic mass is 10.1. The van der Waals surface area contributed by atoms with Crippen LogP contribution in [0.3, 0.4) is 0 Å². The summed E-state index contributed by atoms with van der Waals surface area (Å²) in [5.74, 6) is 0.0678. The molecule has 1 aromatic carbocycles. The first-order valence-corrected chi connectivity index (χ1v) is 6.68. The van der Waals surface area contributed by atoms with Crippen LogP contribution in [0.1, 0.15) is 11.1 Å². The van der Waals surface area contributed by atoms with E-state index in [1.807, 2.05) is 25.1 Å². The van der Waals surface area contributed by atoms with Crippen molar-refractivity contribution in [2.75, 3.05) is 0 Å². The maximum Gasteiger partial charge on any atom is 0.171 e. The van der Waals surface area contributed by atoms with Crippen LogP contribution in [0.15, 0.2) is 51.6 Å². The molecule has 0 saturated heterocycles. The number of rotatable bonds is 3. The molecule has 0 amide bonds. The summed E-state index contributed by atoms with van der Waals surface area (Å²) >= 11 is 7.46. The summed E-state index contributed by atoms with van der Waals surface area (Å²) in [4.78, 5) is 5.04. The third-order valence-electron chi connectivity index (χ3n) is 2.45. The van der Waals surface area contributed by atoms with E-state index in [1.165, 1.54) is 11.8 Å². The third-order valence-corrected chi connectivity index (χ3v) is 3.96. The van der Waals surface area contributed by atoms with Gasteiger partial charge in [-0.05, 0) is 31.2 Å². The second-order valence-corrected chi connectivity index (χ2v) is 5.32. The molecule has 2 rings (SSSR count). The van der Waals surface area contributed by atoms with Crippen molar-refractivity contribution in [1.29, 1.82) is 0 Å². The van der Waals surface area contributed by atoms with Gasteiger partial charge in [0.2, 0.25) is 0 Å². The molecule has 0 aliphatic carbocycles. The number of nitrogens with zero attached hydrogens (tertiary/aromatic N) is 2. The molecule has 2 aromatic rings. The second-order valence-electron chi connectivity index (χ2n) is 3.88. The van der Waals surface area contributed by atoms with Gasteiger partial charge in [0, 0.05) is 16.7 Å². The van der Waals surface area contributed by atoms with Gasteiger partial charge in [0.15, 0.2) is 5.84 Å². The Morgan fingerprint density at radius 1 is 1.42 bits per heavy atom. The molecular formula is C13H12ClN3OS. The molecule has 4 nitrogen and oxygen atoms in total. The molecule has 0 saturated carbocycles. The maximum atomic E-state index is 8.84. The number of hydrogen-bond donors (Lipinski definition) is 2. The summed E-state index contributed by atoms with van der Waals surface area (Å²) in [5, 5.41) is 13.1. The number of hydrogen-bond acceptors (Lipinski definition) is 4. The van der Waals surface area contributed by atoms with Crippen LogP contribution in [0.25, 0.3) is 0 Å². The van der Waals surface area contributed by atoms with E-state index < -0.39 is 0 Å². The van der Waals surface area contributed by atoms with E-state index in [2.05, 4.69) is 10.1 Å². The highest BCUT2D eigenvalue weighted by Gasteiger charge is 2.11. The van der Waals surface area contributed by atoms with Crippen molar-refractivity contribution in [1.82, 2.24) is 4.98 Å². The predicted octanol–water partition coefficient (Wildman–Crippen LogP) is 3.29. The Morgan fingerprint density at radius 3 is 2.89 bits per heavy atom. The SMILES string of the molecule is Cc1ccc(Sc2ncccc2Cl)c(/C(N)=N/O)c1. The molecule has 98 valence electrons. The van der Waals surface area contributed by atoms with Crippen LogP contribution in [0.2, 0.25) is 5.02 Å². The number of aryl methyl sites for hydroxylation is 1. The average molecular weight is 294 g/mol. The smallest absolute Gasteiger partial charge is 0.171 e. The van der Waals surface area contributed by atoms with Crippen LogP contribution in [0.5, 0.6) is 0 Å². The normalized spacial score (nSPS) is 11.6. The molecule has 1 heterocycles. The molecule has 0 atom stereocenters. The number of halogens is 1. The van der Waals surface area contributed by atoms with E-state index in [0.717, 1.165) is 10.5 Å². The number of aromatic nitrogens is 1. The predicted molar refractivity (Wildman–Crippen MR) is 77.1 cm³/mol. The Balaban J connectivity index is 2.43. The van der Waals surface area contributed by atoms with Crippen molar-refractivity contribution < 1.29 is 5.21 Å². The van der Waals surface area contributed by atoms with Gasteiger partial charge in [-0.2, -0.15) is 0 Å². The van der Waals surface area contributed by atoms with Gasteiger partial charge < -0.3 is 10.9 Å². The molecule has 6 heteroatoms. The highest BCUT2D eigenvalue weighted by molar-refractivity contribution is 7.99. The monoisotopic (exact) mass is 293 g/mol. The Hall–Kier alpha value is -1.72. The van der Waals surface area contributed by atoms with Crippen molar-refractivity contribution in [2.45, 2.75) is 16.8 Å². The highest BCUT2D eigenvalue weighted by Crippen LogP contribution is 2.33. The van der Waals surface area contributed by atoms with Crippen LogP contribution in [0, 0.1) is 6.92 Å². The van der Waals surface area contributed by atoms with Gasteiger partial charge in [0.1, 0.15) is 5.03 Å². The van der Waals surface area contributed by atoms with Crippen LogP contribution in [0.4, 0.5) is 0 Å². The van der Waals surface area contributed by atoms with Crippen molar-refractivity contribution in [3.05, 3.63) is 52.7 Å². The van der Waals surface area contributed by atoms with Crippen molar-refractivity contribution in [3.8, 4) is 0 Å². The zero-order valence-electron chi connectivity index (χ0n) is 10.2. The summed E-state index contributed by atoms with van der Waals surface area (Å²) in [6.45, 7) is 1.94. The summed E-state index contributed by atoms with van der Waals surface area (Å²) in [7, 11) is 0. The quantitative estimate of drug-likeness (QED) is 0.394. The minimum absolute atomic E-state index is 0.0678. The van der Waals surface area contributed by atoms with E-state index >= 15 is 0 Å². The molecular weight excluding hydrogens is 282 g/mol. The van der Waals surface area contributed by atoms with E-state index in [-0.39, 0.29) is 5.84 Å². The second kappa shape index (κ2) is 5.95. The largest absolute Gasteiger partial charge is 0.409 e. The summed E-state index contributed by atoms with van der Waals surface area (Å²) in [6, 6.07) is 9.25. The fourth-order valence-electron chi connectivity index (χ4n) is 1.54. The van der Waals surface area contributed by atoms with Gasteiger partial charge in [-0.3, -0.25) is 0 Å². The minimum Gasteiger partial charge on any atom is -0.409 e. The first-order chi connectivity index (χ1) is 9.11. The first-order valence-electron chi connectivity index (χ1n) is 5.48. The van der Waals surface area contributed by atoms with Gasteiger partial charge in [-0.25, -0.2) is 4.98 Å². The summed E-state index contributed by atoms with van der Waals surface area (Å²) < 4.78 is 0. The molecule has 0 aliphatic rings. The number of nitrogens with two attached hydrogens (primary N) is 1. The average Bonchev–Trinajstić information content (AvgIpc) is 2.42. The fourth-order valence-corrected chi connectivity index (χ4v) is 2.67. The van der Waals surface area contributed by atoms with Crippen molar-refractivity contribution in [3.63, 3.8) is 0 Å². The molecule has 3 N–H and O–H groups in total. The van der Waals surface area contributed by atoms with Crippen LogP contribution < -0.4 is 5.73 Å². The van der Waals surface area contributed by atoms with Crippen LogP contribution in [-0.4, -0.2) is 16.0 Å². The van der Waals surface area contributed by atoms with Crippen molar-refractivity contribution >= 4 is 29.2 Å². The molecule has 0 unspecified atom stereocenters. The highest BCUT2D eigenvalue weighted by atomic mass is 35.5. The van der Waals surface area contributed by atoms with Crippen LogP contribution >= 0.6 is 23.4 Å². The first kappa shape index (κ1) is 13.7. The van der Waals surface area contributed by atoms with Gasteiger partial charge in [-0.15, -0.1) is 0 Å². The van der Waals surface area contributed by atoms with Gasteiger partial charge in [0.05, 0.1) is 5.02 Å². The number of oxime groups is 1. The molecule has 0 aliphatic heterocycles. The summed E-state index contributed by atoms with van der Waals surface area (Å²) in [6.07, 6.45) is 1.67. The Labute approximate surface area is 120 Å². The van der Waals surface area contributed by atoms with Gasteiger partial charge in [-0.1, -0.05) is 40.1 Å². The van der Waals surface area contributed by atoms with Gasteiger partial charge in [0.25, 0.3) is 0 Å². The van der Waals surface area contributed by atoms with Crippen LogP contribution in [-0.2, 0) is 0 Å². The lowest BCUT2D eigenvalue weighted by Gasteiger charge is -2.09. The number of amidine groups is 1. The number of pyridine rings is 1. The van der Waals surface area contributed by atoms with Crippen molar-refractivity contribution in [2.24, 2.45) is 10.9 Å². The Morgan fingerprint density at radius 2 is 2.21 bits per heavy atom. The van der Waals surface area contributed by atoms with E-state index in [1.54, 1.807) is 18.3 Å². The molecule has 0 radical (unpaired) electrons. The molecule has 0 fully saturated rings. The molecule has 0 bridgehead atoms. The number of benzene rings is 1. The zero-order chi connectivity index (χ0) is 13.8.